The Kier molecular flexibility index (Phi) is 5.62. The number of carbonyl (C=O) groups excluding carboxylic acids is 1. The molecule has 0 saturated heterocycles. The van der Waals surface area contributed by atoms with Gasteiger partial charge in [-0.05, 0) is 31.5 Å². The van der Waals surface area contributed by atoms with Gasteiger partial charge in [-0.25, -0.2) is 0 Å². The fourth-order valence-corrected chi connectivity index (χ4v) is 1.31. The second kappa shape index (κ2) is 7.25. The highest BCUT2D eigenvalue weighted by atomic mass is 16.5. The number of nitrogens with one attached hydrogen (secondary N) is 1. The van der Waals surface area contributed by atoms with Gasteiger partial charge in [0.2, 0.25) is 0 Å². The van der Waals surface area contributed by atoms with Gasteiger partial charge in [0, 0.05) is 5.69 Å². The van der Waals surface area contributed by atoms with Crippen LogP contribution in [0.15, 0.2) is 36.9 Å². The van der Waals surface area contributed by atoms with E-state index in [1.54, 1.807) is 37.3 Å². The Morgan fingerprint density at radius 2 is 2.44 bits per heavy atom. The number of ether oxygens (including phenoxy) is 1. The van der Waals surface area contributed by atoms with E-state index in [1.165, 1.54) is 0 Å². The highest BCUT2D eigenvalue weighted by Crippen LogP contribution is 2.10. The van der Waals surface area contributed by atoms with Crippen molar-refractivity contribution >= 4 is 11.6 Å². The number of hydrogen-bond donors (Lipinski definition) is 1. The van der Waals surface area contributed by atoms with E-state index in [-0.39, 0.29) is 5.91 Å². The lowest BCUT2D eigenvalue weighted by Gasteiger charge is -2.12. The Morgan fingerprint density at radius 3 is 3.11 bits per heavy atom. The highest BCUT2D eigenvalue weighted by Gasteiger charge is 2.13. The Labute approximate surface area is 107 Å². The number of nitrogens with zero attached hydrogens (tertiary/aromatic N) is 1. The molecule has 0 aliphatic heterocycles. The molecule has 1 N–H and O–H groups in total. The standard InChI is InChI=1S/C14H16N2O2/c1-3-4-8-18-11(2)14(17)16-13-7-5-6-12(9-13)10-15/h3,5-7,9,11H,1,4,8H2,2H3,(H,16,17). The third-order valence-corrected chi connectivity index (χ3v) is 2.32. The predicted octanol–water partition coefficient (Wildman–Crippen LogP) is 2.48. The number of rotatable bonds is 6. The van der Waals surface area contributed by atoms with Gasteiger partial charge in [0.1, 0.15) is 6.10 Å². The van der Waals surface area contributed by atoms with Crippen LogP contribution in [0.1, 0.15) is 18.9 Å². The molecule has 1 rings (SSSR count). The minimum atomic E-state index is -0.532. The second-order valence-corrected chi connectivity index (χ2v) is 3.77. The van der Waals surface area contributed by atoms with Crippen molar-refractivity contribution in [3.05, 3.63) is 42.5 Å². The SMILES string of the molecule is C=CCCOC(C)C(=O)Nc1cccc(C#N)c1. The summed E-state index contributed by atoms with van der Waals surface area (Å²) in [6, 6.07) is 8.77. The number of nitriles is 1. The van der Waals surface area contributed by atoms with Gasteiger partial charge < -0.3 is 10.1 Å². The van der Waals surface area contributed by atoms with Gasteiger partial charge in [-0.15, -0.1) is 6.58 Å². The molecule has 0 heterocycles. The van der Waals surface area contributed by atoms with Crippen molar-refractivity contribution in [1.29, 1.82) is 5.26 Å². The molecule has 0 aliphatic carbocycles. The molecule has 0 radical (unpaired) electrons. The molecule has 4 heteroatoms. The van der Waals surface area contributed by atoms with Crippen molar-refractivity contribution < 1.29 is 9.53 Å². The summed E-state index contributed by atoms with van der Waals surface area (Å²) in [4.78, 5) is 11.8. The van der Waals surface area contributed by atoms with Crippen LogP contribution in [0.2, 0.25) is 0 Å². The van der Waals surface area contributed by atoms with Gasteiger partial charge in [0.25, 0.3) is 5.91 Å². The minimum Gasteiger partial charge on any atom is -0.368 e. The maximum atomic E-state index is 11.8. The van der Waals surface area contributed by atoms with Crippen molar-refractivity contribution in [3.63, 3.8) is 0 Å². The van der Waals surface area contributed by atoms with Crippen LogP contribution >= 0.6 is 0 Å². The average molecular weight is 244 g/mol. The molecule has 0 spiro atoms. The number of hydrogen-bond acceptors (Lipinski definition) is 3. The lowest BCUT2D eigenvalue weighted by molar-refractivity contribution is -0.126. The summed E-state index contributed by atoms with van der Waals surface area (Å²) in [6.07, 6.45) is 1.92. The molecule has 0 aliphatic rings. The highest BCUT2D eigenvalue weighted by molar-refractivity contribution is 5.94. The van der Waals surface area contributed by atoms with Crippen LogP contribution in [0.25, 0.3) is 0 Å². The first-order valence-electron chi connectivity index (χ1n) is 5.71. The number of anilines is 1. The molecule has 1 aromatic carbocycles. The van der Waals surface area contributed by atoms with Gasteiger partial charge in [-0.3, -0.25) is 4.79 Å². The molecular weight excluding hydrogens is 228 g/mol. The molecule has 1 amide bonds. The maximum Gasteiger partial charge on any atom is 0.253 e. The summed E-state index contributed by atoms with van der Waals surface area (Å²) < 4.78 is 5.32. The zero-order valence-corrected chi connectivity index (χ0v) is 10.3. The maximum absolute atomic E-state index is 11.8. The number of amides is 1. The molecular formula is C14H16N2O2. The first kappa shape index (κ1) is 13.9. The van der Waals surface area contributed by atoms with E-state index in [4.69, 9.17) is 10.00 Å². The van der Waals surface area contributed by atoms with E-state index >= 15 is 0 Å². The first-order chi connectivity index (χ1) is 8.67. The summed E-state index contributed by atoms with van der Waals surface area (Å²) in [6.45, 7) is 5.73. The van der Waals surface area contributed by atoms with Crippen LogP contribution in [0, 0.1) is 11.3 Å². The smallest absolute Gasteiger partial charge is 0.253 e. The Bertz CT molecular complexity index is 463. The Morgan fingerprint density at radius 1 is 1.67 bits per heavy atom. The Balaban J connectivity index is 2.53. The van der Waals surface area contributed by atoms with E-state index in [1.807, 2.05) is 6.07 Å². The van der Waals surface area contributed by atoms with Crippen molar-refractivity contribution in [1.82, 2.24) is 0 Å². The molecule has 94 valence electrons. The van der Waals surface area contributed by atoms with Gasteiger partial charge in [-0.2, -0.15) is 5.26 Å². The predicted molar refractivity (Wildman–Crippen MR) is 70.0 cm³/mol. The van der Waals surface area contributed by atoms with E-state index in [9.17, 15) is 4.79 Å². The number of benzene rings is 1. The lowest BCUT2D eigenvalue weighted by atomic mass is 10.2. The summed E-state index contributed by atoms with van der Waals surface area (Å²) in [5.41, 5.74) is 1.10. The summed E-state index contributed by atoms with van der Waals surface area (Å²) in [5.74, 6) is -0.228. The molecule has 4 nitrogen and oxygen atoms in total. The molecule has 0 aromatic heterocycles. The van der Waals surface area contributed by atoms with Gasteiger partial charge >= 0.3 is 0 Å². The molecule has 1 unspecified atom stereocenters. The third-order valence-electron chi connectivity index (χ3n) is 2.32. The van der Waals surface area contributed by atoms with E-state index in [0.717, 1.165) is 0 Å². The molecule has 1 aromatic rings. The van der Waals surface area contributed by atoms with E-state index in [0.29, 0.717) is 24.3 Å². The van der Waals surface area contributed by atoms with E-state index < -0.39 is 6.10 Å². The second-order valence-electron chi connectivity index (χ2n) is 3.77. The van der Waals surface area contributed by atoms with Crippen LogP contribution in [0.3, 0.4) is 0 Å². The molecule has 1 atom stereocenters. The molecule has 18 heavy (non-hydrogen) atoms. The molecule has 0 bridgehead atoms. The average Bonchev–Trinajstić information content (AvgIpc) is 2.39. The normalized spacial score (nSPS) is 11.3. The minimum absolute atomic E-state index is 0.228. The summed E-state index contributed by atoms with van der Waals surface area (Å²) in [5, 5.41) is 11.5. The van der Waals surface area contributed by atoms with Gasteiger partial charge in [0.05, 0.1) is 18.2 Å². The third kappa shape index (κ3) is 4.40. The van der Waals surface area contributed by atoms with Crippen LogP contribution in [0.4, 0.5) is 5.69 Å². The molecule has 0 fully saturated rings. The first-order valence-corrected chi connectivity index (χ1v) is 5.71. The Hall–Kier alpha value is -2.12. The monoisotopic (exact) mass is 244 g/mol. The molecule has 0 saturated carbocycles. The number of carbonyl (C=O) groups is 1. The van der Waals surface area contributed by atoms with Crippen LogP contribution < -0.4 is 5.32 Å². The van der Waals surface area contributed by atoms with Crippen molar-refractivity contribution in [2.75, 3.05) is 11.9 Å². The lowest BCUT2D eigenvalue weighted by Crippen LogP contribution is -2.28. The zero-order chi connectivity index (χ0) is 13.4. The van der Waals surface area contributed by atoms with Gasteiger partial charge in [-0.1, -0.05) is 12.1 Å². The van der Waals surface area contributed by atoms with Crippen molar-refractivity contribution in [2.45, 2.75) is 19.4 Å². The largest absolute Gasteiger partial charge is 0.368 e. The van der Waals surface area contributed by atoms with Gasteiger partial charge in [0.15, 0.2) is 0 Å². The summed E-state index contributed by atoms with van der Waals surface area (Å²) in [7, 11) is 0. The van der Waals surface area contributed by atoms with Crippen LogP contribution in [-0.4, -0.2) is 18.6 Å². The quantitative estimate of drug-likeness (QED) is 0.617. The van der Waals surface area contributed by atoms with Crippen molar-refractivity contribution in [2.24, 2.45) is 0 Å². The van der Waals surface area contributed by atoms with Crippen LogP contribution in [-0.2, 0) is 9.53 Å². The fraction of sp³-hybridized carbons (Fsp3) is 0.286. The van der Waals surface area contributed by atoms with Crippen LogP contribution in [0.5, 0.6) is 0 Å². The zero-order valence-electron chi connectivity index (χ0n) is 10.3. The fourth-order valence-electron chi connectivity index (χ4n) is 1.31. The van der Waals surface area contributed by atoms with E-state index in [2.05, 4.69) is 11.9 Å². The topological polar surface area (TPSA) is 62.1 Å². The van der Waals surface area contributed by atoms with Crippen molar-refractivity contribution in [3.8, 4) is 6.07 Å². The summed E-state index contributed by atoms with van der Waals surface area (Å²) >= 11 is 0.